The molecule has 110 valence electrons. The second-order valence-electron chi connectivity index (χ2n) is 5.90. The van der Waals surface area contributed by atoms with Gasteiger partial charge in [0.1, 0.15) is 0 Å². The molecule has 3 rings (SSSR count). The van der Waals surface area contributed by atoms with E-state index < -0.39 is 0 Å². The van der Waals surface area contributed by atoms with Gasteiger partial charge in [-0.1, -0.05) is 48.6 Å². The molecule has 3 unspecified atom stereocenters. The predicted octanol–water partition coefficient (Wildman–Crippen LogP) is 3.55. The van der Waals surface area contributed by atoms with E-state index in [0.717, 1.165) is 19.5 Å². The van der Waals surface area contributed by atoms with Gasteiger partial charge in [0.2, 0.25) is 5.91 Å². The highest BCUT2D eigenvalue weighted by atomic mass is 16.2. The van der Waals surface area contributed by atoms with E-state index in [4.69, 9.17) is 0 Å². The molecule has 0 N–H and O–H groups in total. The van der Waals surface area contributed by atoms with Crippen molar-refractivity contribution in [3.8, 4) is 0 Å². The molecule has 2 heteroatoms. The third-order valence-electron chi connectivity index (χ3n) is 4.87. The summed E-state index contributed by atoms with van der Waals surface area (Å²) in [6, 6.07) is 8.47. The first kappa shape index (κ1) is 14.1. The van der Waals surface area contributed by atoms with Crippen molar-refractivity contribution in [1.29, 1.82) is 0 Å². The van der Waals surface area contributed by atoms with Crippen molar-refractivity contribution in [3.05, 3.63) is 59.7 Å². The third-order valence-corrected chi connectivity index (χ3v) is 4.87. The largest absolute Gasteiger partial charge is 0.343 e. The van der Waals surface area contributed by atoms with E-state index in [2.05, 4.69) is 62.4 Å². The Balaban J connectivity index is 2.04. The van der Waals surface area contributed by atoms with Crippen LogP contribution in [0.2, 0.25) is 0 Å². The smallest absolute Gasteiger partial charge is 0.230 e. The third kappa shape index (κ3) is 2.44. The number of hydrogen-bond donors (Lipinski definition) is 0. The first-order valence-corrected chi connectivity index (χ1v) is 7.97. The molecule has 1 aromatic carbocycles. The molecule has 0 fully saturated rings. The van der Waals surface area contributed by atoms with Crippen LogP contribution in [0.25, 0.3) is 0 Å². The monoisotopic (exact) mass is 281 g/mol. The van der Waals surface area contributed by atoms with Gasteiger partial charge in [-0.05, 0) is 43.2 Å². The van der Waals surface area contributed by atoms with E-state index >= 15 is 0 Å². The van der Waals surface area contributed by atoms with Crippen LogP contribution in [0.3, 0.4) is 0 Å². The minimum atomic E-state index is -0.0268. The predicted molar refractivity (Wildman–Crippen MR) is 86.1 cm³/mol. The number of hydrogen-bond acceptors (Lipinski definition) is 1. The number of rotatable bonds is 3. The van der Waals surface area contributed by atoms with Gasteiger partial charge in [-0.15, -0.1) is 0 Å². The normalized spacial score (nSPS) is 26.1. The second kappa shape index (κ2) is 5.88. The lowest BCUT2D eigenvalue weighted by Gasteiger charge is -2.39. The Hall–Kier alpha value is -1.83. The van der Waals surface area contributed by atoms with Gasteiger partial charge in [-0.25, -0.2) is 0 Å². The Morgan fingerprint density at radius 3 is 2.62 bits per heavy atom. The first-order valence-electron chi connectivity index (χ1n) is 7.97. The quantitative estimate of drug-likeness (QED) is 0.829. The maximum Gasteiger partial charge on any atom is 0.230 e. The lowest BCUT2D eigenvalue weighted by Crippen LogP contribution is -2.41. The summed E-state index contributed by atoms with van der Waals surface area (Å²) in [4.78, 5) is 15.0. The SMILES string of the molecule is CCN(CC)C(=O)C1c2ccccc2CC2C=CC=CC21. The molecule has 2 aliphatic rings. The number of amides is 1. The van der Waals surface area contributed by atoms with Crippen LogP contribution < -0.4 is 0 Å². The van der Waals surface area contributed by atoms with Gasteiger partial charge in [-0.2, -0.15) is 0 Å². The number of nitrogens with zero attached hydrogens (tertiary/aromatic N) is 1. The minimum absolute atomic E-state index is 0.0268. The van der Waals surface area contributed by atoms with E-state index in [1.165, 1.54) is 11.1 Å². The Kier molecular flexibility index (Phi) is 3.96. The molecule has 0 saturated heterocycles. The second-order valence-corrected chi connectivity index (χ2v) is 5.90. The fourth-order valence-corrected chi connectivity index (χ4v) is 3.75. The molecule has 2 nitrogen and oxygen atoms in total. The number of benzene rings is 1. The molecule has 0 spiro atoms. The molecular formula is C19H23NO. The van der Waals surface area contributed by atoms with Crippen LogP contribution >= 0.6 is 0 Å². The molecule has 1 amide bonds. The van der Waals surface area contributed by atoms with Crippen LogP contribution in [0, 0.1) is 11.8 Å². The van der Waals surface area contributed by atoms with Gasteiger partial charge in [0.25, 0.3) is 0 Å². The number of likely N-dealkylation sites (N-methyl/N-ethyl adjacent to an activating group) is 1. The molecule has 2 aliphatic carbocycles. The van der Waals surface area contributed by atoms with E-state index in [0.29, 0.717) is 11.8 Å². The van der Waals surface area contributed by atoms with Crippen LogP contribution in [-0.2, 0) is 11.2 Å². The van der Waals surface area contributed by atoms with Gasteiger partial charge in [0, 0.05) is 13.1 Å². The summed E-state index contributed by atoms with van der Waals surface area (Å²) in [6.07, 6.45) is 9.76. The molecule has 1 aromatic rings. The average molecular weight is 281 g/mol. The number of carbonyl (C=O) groups excluding carboxylic acids is 1. The maximum atomic E-state index is 13.0. The van der Waals surface area contributed by atoms with Gasteiger partial charge >= 0.3 is 0 Å². The zero-order valence-electron chi connectivity index (χ0n) is 12.8. The van der Waals surface area contributed by atoms with Crippen molar-refractivity contribution in [1.82, 2.24) is 4.90 Å². The number of allylic oxidation sites excluding steroid dienone is 4. The standard InChI is InChI=1S/C19H23NO/c1-3-20(4-2)19(21)18-16-11-7-5-9-14(16)13-15-10-6-8-12-17(15)18/h5-12,14,16,18H,3-4,13H2,1-2H3. The molecule has 0 aromatic heterocycles. The fraction of sp³-hybridized carbons (Fsp3) is 0.421. The summed E-state index contributed by atoms with van der Waals surface area (Å²) in [7, 11) is 0. The zero-order valence-corrected chi connectivity index (χ0v) is 12.8. The molecule has 21 heavy (non-hydrogen) atoms. The molecule has 0 bridgehead atoms. The number of fused-ring (bicyclic) bond motifs is 2. The van der Waals surface area contributed by atoms with Gasteiger partial charge in [0.05, 0.1) is 5.92 Å². The van der Waals surface area contributed by atoms with E-state index in [9.17, 15) is 4.79 Å². The maximum absolute atomic E-state index is 13.0. The molecular weight excluding hydrogens is 258 g/mol. The topological polar surface area (TPSA) is 20.3 Å². The van der Waals surface area contributed by atoms with Crippen LogP contribution in [0.4, 0.5) is 0 Å². The van der Waals surface area contributed by atoms with Crippen LogP contribution in [0.1, 0.15) is 30.9 Å². The van der Waals surface area contributed by atoms with Crippen LogP contribution in [0.5, 0.6) is 0 Å². The highest BCUT2D eigenvalue weighted by Crippen LogP contribution is 2.43. The highest BCUT2D eigenvalue weighted by Gasteiger charge is 2.40. The lowest BCUT2D eigenvalue weighted by molar-refractivity contribution is -0.133. The minimum Gasteiger partial charge on any atom is -0.343 e. The Labute approximate surface area is 127 Å². The molecule has 0 saturated carbocycles. The van der Waals surface area contributed by atoms with Crippen molar-refractivity contribution < 1.29 is 4.79 Å². The van der Waals surface area contributed by atoms with Gasteiger partial charge in [0.15, 0.2) is 0 Å². The highest BCUT2D eigenvalue weighted by molar-refractivity contribution is 5.85. The van der Waals surface area contributed by atoms with Crippen LogP contribution in [-0.4, -0.2) is 23.9 Å². The van der Waals surface area contributed by atoms with Gasteiger partial charge in [-0.3, -0.25) is 4.79 Å². The number of carbonyl (C=O) groups is 1. The first-order chi connectivity index (χ1) is 10.3. The van der Waals surface area contributed by atoms with Crippen molar-refractivity contribution >= 4 is 5.91 Å². The van der Waals surface area contributed by atoms with Crippen molar-refractivity contribution in [2.75, 3.05) is 13.1 Å². The van der Waals surface area contributed by atoms with Crippen molar-refractivity contribution in [3.63, 3.8) is 0 Å². The summed E-state index contributed by atoms with van der Waals surface area (Å²) in [5.41, 5.74) is 2.57. The molecule has 0 aliphatic heterocycles. The van der Waals surface area contributed by atoms with Gasteiger partial charge < -0.3 is 4.90 Å². The molecule has 0 radical (unpaired) electrons. The Bertz CT molecular complexity index is 583. The zero-order chi connectivity index (χ0) is 14.8. The van der Waals surface area contributed by atoms with E-state index in [1.807, 2.05) is 4.90 Å². The lowest BCUT2D eigenvalue weighted by atomic mass is 9.67. The summed E-state index contributed by atoms with van der Waals surface area (Å²) in [5.74, 6) is 1.01. The van der Waals surface area contributed by atoms with Crippen molar-refractivity contribution in [2.24, 2.45) is 11.8 Å². The Morgan fingerprint density at radius 2 is 1.86 bits per heavy atom. The molecule has 0 heterocycles. The van der Waals surface area contributed by atoms with Crippen molar-refractivity contribution in [2.45, 2.75) is 26.2 Å². The summed E-state index contributed by atoms with van der Waals surface area (Å²) >= 11 is 0. The summed E-state index contributed by atoms with van der Waals surface area (Å²) < 4.78 is 0. The summed E-state index contributed by atoms with van der Waals surface area (Å²) in [6.45, 7) is 5.68. The Morgan fingerprint density at radius 1 is 1.14 bits per heavy atom. The summed E-state index contributed by atoms with van der Waals surface area (Å²) in [5, 5.41) is 0. The van der Waals surface area contributed by atoms with Crippen LogP contribution in [0.15, 0.2) is 48.6 Å². The van der Waals surface area contributed by atoms with E-state index in [-0.39, 0.29) is 11.8 Å². The van der Waals surface area contributed by atoms with E-state index in [1.54, 1.807) is 0 Å². The average Bonchev–Trinajstić information content (AvgIpc) is 2.53. The molecule has 3 atom stereocenters. The fourth-order valence-electron chi connectivity index (χ4n) is 3.75.